The van der Waals surface area contributed by atoms with Gasteiger partial charge in [-0.25, -0.2) is 0 Å². The molecule has 0 aromatic heterocycles. The lowest BCUT2D eigenvalue weighted by atomic mass is 9.97. The Morgan fingerprint density at radius 2 is 2.40 bits per heavy atom. The Kier molecular flexibility index (Phi) is 2.94. The lowest BCUT2D eigenvalue weighted by Gasteiger charge is -2.12. The maximum absolute atomic E-state index is 10.5. The molecule has 3 heteroatoms. The molecule has 56 valence electrons. The molecule has 0 spiro atoms. The van der Waals surface area contributed by atoms with Crippen LogP contribution in [0.3, 0.4) is 0 Å². The number of carbonyl (C=O) groups excluding carboxylic acids is 1. The van der Waals surface area contributed by atoms with E-state index in [0.29, 0.717) is 11.8 Å². The van der Waals surface area contributed by atoms with Gasteiger partial charge in [0.1, 0.15) is 6.29 Å². The zero-order valence-electron chi connectivity index (χ0n) is 6.47. The van der Waals surface area contributed by atoms with Crippen molar-refractivity contribution < 1.29 is 4.79 Å². The fraction of sp³-hybridized carbons (Fsp3) is 0.857. The largest absolute Gasteiger partial charge is 0.362 e. The first kappa shape index (κ1) is 7.80. The van der Waals surface area contributed by atoms with Crippen molar-refractivity contribution in [3.63, 3.8) is 0 Å². The number of aldehydes is 1. The highest BCUT2D eigenvalue weighted by Gasteiger charge is 2.25. The van der Waals surface area contributed by atoms with Crippen LogP contribution in [0.25, 0.3) is 0 Å². The predicted molar refractivity (Wildman–Crippen MR) is 43.4 cm³/mol. The third kappa shape index (κ3) is 1.60. The van der Waals surface area contributed by atoms with Crippen molar-refractivity contribution in [2.75, 3.05) is 6.54 Å². The quantitative estimate of drug-likeness (QED) is 0.431. The van der Waals surface area contributed by atoms with Crippen LogP contribution < -0.4 is 5.23 Å². The number of hydrogen-bond acceptors (Lipinski definition) is 2. The van der Waals surface area contributed by atoms with Crippen LogP contribution in [0, 0.1) is 11.8 Å². The van der Waals surface area contributed by atoms with Crippen LogP contribution in [-0.2, 0) is 4.79 Å². The van der Waals surface area contributed by atoms with Crippen LogP contribution in [0.5, 0.6) is 0 Å². The summed E-state index contributed by atoms with van der Waals surface area (Å²) < 4.78 is 0. The van der Waals surface area contributed by atoms with E-state index in [-0.39, 0.29) is 0 Å². The Hall–Kier alpha value is -0.305. The Morgan fingerprint density at radius 3 is 3.00 bits per heavy atom. The zero-order valence-corrected chi connectivity index (χ0v) is 6.47. The smallest absolute Gasteiger partial charge is 0.181 e. The Balaban J connectivity index is 2.34. The Labute approximate surface area is 62.8 Å². The van der Waals surface area contributed by atoms with E-state index < -0.39 is 0 Å². The van der Waals surface area contributed by atoms with Crippen LogP contribution in [-0.4, -0.2) is 20.8 Å². The number of rotatable bonds is 3. The lowest BCUT2D eigenvalue weighted by Crippen LogP contribution is -2.23. The second-order valence-corrected chi connectivity index (χ2v) is 3.05. The van der Waals surface area contributed by atoms with Gasteiger partial charge in [-0.2, -0.15) is 0 Å². The highest BCUT2D eigenvalue weighted by atomic mass is 16.1. The van der Waals surface area contributed by atoms with E-state index in [2.05, 4.69) is 5.23 Å². The molecule has 0 aliphatic heterocycles. The molecule has 0 amide bonds. The molecule has 0 aromatic carbocycles. The van der Waals surface area contributed by atoms with Crippen molar-refractivity contribution in [3.05, 3.63) is 0 Å². The minimum atomic E-state index is 0.340. The summed E-state index contributed by atoms with van der Waals surface area (Å²) in [5.74, 6) is 0.954. The van der Waals surface area contributed by atoms with Gasteiger partial charge in [0.15, 0.2) is 7.98 Å². The first-order chi connectivity index (χ1) is 4.88. The first-order valence-electron chi connectivity index (χ1n) is 3.98. The summed E-state index contributed by atoms with van der Waals surface area (Å²) in [5.41, 5.74) is 0. The van der Waals surface area contributed by atoms with E-state index in [4.69, 9.17) is 0 Å². The summed E-state index contributed by atoms with van der Waals surface area (Å²) >= 11 is 0. The average molecular weight is 139 g/mol. The maximum atomic E-state index is 10.5. The molecule has 1 fully saturated rings. The molecule has 0 bridgehead atoms. The van der Waals surface area contributed by atoms with Gasteiger partial charge in [0.25, 0.3) is 0 Å². The fourth-order valence-corrected chi connectivity index (χ4v) is 1.76. The molecule has 0 aromatic rings. The van der Waals surface area contributed by atoms with Gasteiger partial charge in [-0.1, -0.05) is 6.42 Å². The standard InChI is InChI=1S/C7H14BNO/c8-9-4-6-2-1-3-7(6)5-10/h5-7,9H,1-4,8H2/t6-,7+/m1/s1. The van der Waals surface area contributed by atoms with Crippen molar-refractivity contribution in [2.24, 2.45) is 11.8 Å². The molecule has 0 heterocycles. The van der Waals surface area contributed by atoms with Crippen molar-refractivity contribution in [1.82, 2.24) is 5.23 Å². The predicted octanol–water partition coefficient (Wildman–Crippen LogP) is -0.261. The second-order valence-electron chi connectivity index (χ2n) is 3.05. The van der Waals surface area contributed by atoms with Crippen molar-refractivity contribution >= 4 is 14.3 Å². The molecule has 1 rings (SSSR count). The molecule has 1 saturated carbocycles. The SMILES string of the molecule is BNC[C@H]1CCC[C@H]1C=O. The van der Waals surface area contributed by atoms with Crippen LogP contribution >= 0.6 is 0 Å². The molecule has 0 radical (unpaired) electrons. The van der Waals surface area contributed by atoms with E-state index >= 15 is 0 Å². The van der Waals surface area contributed by atoms with Gasteiger partial charge in [-0.3, -0.25) is 0 Å². The summed E-state index contributed by atoms with van der Waals surface area (Å²) in [4.78, 5) is 10.5. The Bertz CT molecular complexity index is 118. The molecule has 1 N–H and O–H groups in total. The zero-order chi connectivity index (χ0) is 7.40. The molecule has 2 atom stereocenters. The van der Waals surface area contributed by atoms with Gasteiger partial charge in [-0.15, -0.1) is 0 Å². The minimum Gasteiger partial charge on any atom is -0.362 e. The van der Waals surface area contributed by atoms with E-state index in [0.717, 1.165) is 19.3 Å². The van der Waals surface area contributed by atoms with E-state index in [1.807, 2.05) is 7.98 Å². The molecule has 10 heavy (non-hydrogen) atoms. The molecule has 1 aliphatic rings. The molecule has 0 unspecified atom stereocenters. The molecule has 0 saturated heterocycles. The third-order valence-corrected chi connectivity index (χ3v) is 2.36. The van der Waals surface area contributed by atoms with Gasteiger partial charge in [0.05, 0.1) is 0 Å². The van der Waals surface area contributed by atoms with Crippen LogP contribution in [0.15, 0.2) is 0 Å². The topological polar surface area (TPSA) is 29.1 Å². The highest BCUT2D eigenvalue weighted by Crippen LogP contribution is 2.29. The molecule has 1 aliphatic carbocycles. The van der Waals surface area contributed by atoms with E-state index in [9.17, 15) is 4.79 Å². The van der Waals surface area contributed by atoms with E-state index in [1.165, 1.54) is 12.8 Å². The van der Waals surface area contributed by atoms with Crippen molar-refractivity contribution in [3.8, 4) is 0 Å². The first-order valence-corrected chi connectivity index (χ1v) is 3.98. The van der Waals surface area contributed by atoms with Crippen LogP contribution in [0.2, 0.25) is 0 Å². The van der Waals surface area contributed by atoms with Gasteiger partial charge in [-0.05, 0) is 25.3 Å². The summed E-state index contributed by atoms with van der Waals surface area (Å²) in [5, 5.41) is 3.12. The van der Waals surface area contributed by atoms with Crippen molar-refractivity contribution in [1.29, 1.82) is 0 Å². The van der Waals surface area contributed by atoms with Gasteiger partial charge in [0.2, 0.25) is 0 Å². The molecule has 2 nitrogen and oxygen atoms in total. The summed E-state index contributed by atoms with van der Waals surface area (Å²) in [6.45, 7) is 1.00. The summed E-state index contributed by atoms with van der Waals surface area (Å²) in [6.07, 6.45) is 4.69. The number of carbonyl (C=O) groups is 1. The van der Waals surface area contributed by atoms with E-state index in [1.54, 1.807) is 0 Å². The summed E-state index contributed by atoms with van der Waals surface area (Å²) in [7, 11) is 1.94. The van der Waals surface area contributed by atoms with Crippen LogP contribution in [0.4, 0.5) is 0 Å². The third-order valence-electron chi connectivity index (χ3n) is 2.36. The average Bonchev–Trinajstić information content (AvgIpc) is 2.36. The fourth-order valence-electron chi connectivity index (χ4n) is 1.76. The normalized spacial score (nSPS) is 32.4. The van der Waals surface area contributed by atoms with Crippen molar-refractivity contribution in [2.45, 2.75) is 19.3 Å². The monoisotopic (exact) mass is 139 g/mol. The Morgan fingerprint density at radius 1 is 1.60 bits per heavy atom. The number of hydrogen-bond donors (Lipinski definition) is 1. The highest BCUT2D eigenvalue weighted by molar-refractivity contribution is 6.04. The van der Waals surface area contributed by atoms with Crippen LogP contribution in [0.1, 0.15) is 19.3 Å². The lowest BCUT2D eigenvalue weighted by molar-refractivity contribution is -0.111. The summed E-state index contributed by atoms with van der Waals surface area (Å²) in [6, 6.07) is 0. The molecular weight excluding hydrogens is 125 g/mol. The maximum Gasteiger partial charge on any atom is 0.181 e. The molecular formula is C7H14BNO. The number of nitrogens with one attached hydrogen (secondary N) is 1. The minimum absolute atomic E-state index is 0.340. The van der Waals surface area contributed by atoms with Gasteiger partial charge >= 0.3 is 0 Å². The second kappa shape index (κ2) is 3.76. The van der Waals surface area contributed by atoms with Gasteiger partial charge < -0.3 is 10.0 Å². The van der Waals surface area contributed by atoms with Gasteiger partial charge in [0, 0.05) is 5.92 Å².